The van der Waals surface area contributed by atoms with Crippen molar-refractivity contribution in [1.29, 1.82) is 0 Å². The van der Waals surface area contributed by atoms with Crippen LogP contribution < -0.4 is 5.73 Å². The van der Waals surface area contributed by atoms with Crippen molar-refractivity contribution in [2.45, 2.75) is 39.0 Å². The van der Waals surface area contributed by atoms with E-state index in [2.05, 4.69) is 25.6 Å². The molecule has 0 bridgehead atoms. The first kappa shape index (κ1) is 11.8. The quantitative estimate of drug-likeness (QED) is 0.548. The number of benzene rings is 1. The maximum absolute atomic E-state index is 5.78. The SMILES string of the molecule is C=Cc1ccc(N)cc1CCCCCC. The first-order valence-electron chi connectivity index (χ1n) is 5.78. The third-order valence-corrected chi connectivity index (χ3v) is 2.69. The molecule has 0 spiro atoms. The van der Waals surface area contributed by atoms with Crippen molar-refractivity contribution in [3.8, 4) is 0 Å². The van der Waals surface area contributed by atoms with Crippen molar-refractivity contribution in [3.05, 3.63) is 35.9 Å². The van der Waals surface area contributed by atoms with Gasteiger partial charge in [0.05, 0.1) is 0 Å². The minimum absolute atomic E-state index is 0.853. The fourth-order valence-corrected chi connectivity index (χ4v) is 1.78. The molecule has 0 heterocycles. The lowest BCUT2D eigenvalue weighted by molar-refractivity contribution is 0.666. The Labute approximate surface area is 93.0 Å². The van der Waals surface area contributed by atoms with Crippen LogP contribution in [0.1, 0.15) is 43.7 Å². The second-order valence-electron chi connectivity index (χ2n) is 3.97. The van der Waals surface area contributed by atoms with Crippen LogP contribution in [0.25, 0.3) is 6.08 Å². The van der Waals surface area contributed by atoms with E-state index in [9.17, 15) is 0 Å². The van der Waals surface area contributed by atoms with Gasteiger partial charge in [0.15, 0.2) is 0 Å². The van der Waals surface area contributed by atoms with Crippen LogP contribution in [0.3, 0.4) is 0 Å². The molecular weight excluding hydrogens is 182 g/mol. The van der Waals surface area contributed by atoms with E-state index in [0.29, 0.717) is 0 Å². The molecule has 0 aliphatic heterocycles. The summed E-state index contributed by atoms with van der Waals surface area (Å²) >= 11 is 0. The van der Waals surface area contributed by atoms with Crippen LogP contribution in [0, 0.1) is 0 Å². The van der Waals surface area contributed by atoms with Gasteiger partial charge >= 0.3 is 0 Å². The summed E-state index contributed by atoms with van der Waals surface area (Å²) in [4.78, 5) is 0. The Morgan fingerprint density at radius 1 is 1.27 bits per heavy atom. The molecule has 1 heteroatoms. The normalized spacial score (nSPS) is 10.2. The highest BCUT2D eigenvalue weighted by atomic mass is 14.5. The number of rotatable bonds is 6. The number of hydrogen-bond acceptors (Lipinski definition) is 1. The molecule has 0 saturated carbocycles. The number of nitrogen functional groups attached to an aromatic ring is 1. The van der Waals surface area contributed by atoms with Gasteiger partial charge in [-0.15, -0.1) is 0 Å². The van der Waals surface area contributed by atoms with E-state index in [1.165, 1.54) is 36.8 Å². The summed E-state index contributed by atoms with van der Waals surface area (Å²) in [5.41, 5.74) is 9.19. The van der Waals surface area contributed by atoms with Crippen molar-refractivity contribution in [2.75, 3.05) is 5.73 Å². The minimum Gasteiger partial charge on any atom is -0.399 e. The van der Waals surface area contributed by atoms with Gasteiger partial charge in [-0.3, -0.25) is 0 Å². The fraction of sp³-hybridized carbons (Fsp3) is 0.429. The first-order chi connectivity index (χ1) is 7.27. The average molecular weight is 203 g/mol. The smallest absolute Gasteiger partial charge is 0.0317 e. The van der Waals surface area contributed by atoms with Crippen LogP contribution in [0.5, 0.6) is 0 Å². The molecule has 82 valence electrons. The highest BCUT2D eigenvalue weighted by molar-refractivity contribution is 5.57. The summed E-state index contributed by atoms with van der Waals surface area (Å²) in [6, 6.07) is 6.06. The summed E-state index contributed by atoms with van der Waals surface area (Å²) in [5.74, 6) is 0. The van der Waals surface area contributed by atoms with Crippen molar-refractivity contribution < 1.29 is 0 Å². The van der Waals surface area contributed by atoms with E-state index in [4.69, 9.17) is 5.73 Å². The molecule has 1 nitrogen and oxygen atoms in total. The van der Waals surface area contributed by atoms with Crippen LogP contribution in [-0.4, -0.2) is 0 Å². The number of unbranched alkanes of at least 4 members (excludes halogenated alkanes) is 3. The van der Waals surface area contributed by atoms with Gasteiger partial charge in [-0.2, -0.15) is 0 Å². The molecule has 0 saturated heterocycles. The van der Waals surface area contributed by atoms with E-state index in [1.54, 1.807) is 0 Å². The second kappa shape index (κ2) is 6.28. The molecule has 0 fully saturated rings. The second-order valence-corrected chi connectivity index (χ2v) is 3.97. The lowest BCUT2D eigenvalue weighted by atomic mass is 10.0. The van der Waals surface area contributed by atoms with Crippen molar-refractivity contribution in [3.63, 3.8) is 0 Å². The van der Waals surface area contributed by atoms with Gasteiger partial charge in [-0.1, -0.05) is 44.9 Å². The summed E-state index contributed by atoms with van der Waals surface area (Å²) in [6.45, 7) is 6.06. The summed E-state index contributed by atoms with van der Waals surface area (Å²) in [5, 5.41) is 0. The highest BCUT2D eigenvalue weighted by Gasteiger charge is 1.99. The molecule has 0 atom stereocenters. The van der Waals surface area contributed by atoms with Gasteiger partial charge < -0.3 is 5.73 Å². The number of nitrogens with two attached hydrogens (primary N) is 1. The van der Waals surface area contributed by atoms with Gasteiger partial charge in [0.25, 0.3) is 0 Å². The predicted octanol–water partition coefficient (Wildman–Crippen LogP) is 4.03. The van der Waals surface area contributed by atoms with Crippen molar-refractivity contribution in [1.82, 2.24) is 0 Å². The molecule has 0 aromatic heterocycles. The summed E-state index contributed by atoms with van der Waals surface area (Å²) < 4.78 is 0. The molecule has 1 aromatic carbocycles. The maximum Gasteiger partial charge on any atom is 0.0317 e. The molecule has 0 radical (unpaired) electrons. The Hall–Kier alpha value is -1.24. The first-order valence-corrected chi connectivity index (χ1v) is 5.78. The molecule has 0 amide bonds. The lowest BCUT2D eigenvalue weighted by Crippen LogP contribution is -1.93. The van der Waals surface area contributed by atoms with Gasteiger partial charge in [0.1, 0.15) is 0 Å². The zero-order chi connectivity index (χ0) is 11.1. The van der Waals surface area contributed by atoms with Crippen LogP contribution >= 0.6 is 0 Å². The summed E-state index contributed by atoms with van der Waals surface area (Å²) in [7, 11) is 0. The Morgan fingerprint density at radius 2 is 2.07 bits per heavy atom. The van der Waals surface area contributed by atoms with Gasteiger partial charge in [0, 0.05) is 5.69 Å². The maximum atomic E-state index is 5.78. The van der Waals surface area contributed by atoms with Crippen molar-refractivity contribution in [2.24, 2.45) is 0 Å². The summed E-state index contributed by atoms with van der Waals surface area (Å²) in [6.07, 6.45) is 8.19. The van der Waals surface area contributed by atoms with Crippen LogP contribution in [0.4, 0.5) is 5.69 Å². The zero-order valence-corrected chi connectivity index (χ0v) is 9.63. The lowest BCUT2D eigenvalue weighted by Gasteiger charge is -2.07. The van der Waals surface area contributed by atoms with E-state index in [-0.39, 0.29) is 0 Å². The molecule has 1 rings (SSSR count). The number of aryl methyl sites for hydroxylation is 1. The van der Waals surface area contributed by atoms with E-state index < -0.39 is 0 Å². The van der Waals surface area contributed by atoms with E-state index in [1.807, 2.05) is 12.1 Å². The van der Waals surface area contributed by atoms with E-state index >= 15 is 0 Å². The molecule has 15 heavy (non-hydrogen) atoms. The molecular formula is C14H21N. The third kappa shape index (κ3) is 3.78. The van der Waals surface area contributed by atoms with Gasteiger partial charge in [0.2, 0.25) is 0 Å². The van der Waals surface area contributed by atoms with E-state index in [0.717, 1.165) is 12.1 Å². The molecule has 0 unspecified atom stereocenters. The molecule has 1 aromatic rings. The van der Waals surface area contributed by atoms with Crippen molar-refractivity contribution >= 4 is 11.8 Å². The zero-order valence-electron chi connectivity index (χ0n) is 9.63. The van der Waals surface area contributed by atoms with Gasteiger partial charge in [-0.25, -0.2) is 0 Å². The Morgan fingerprint density at radius 3 is 2.73 bits per heavy atom. The number of hydrogen-bond donors (Lipinski definition) is 1. The Bertz CT molecular complexity index is 315. The standard InChI is InChI=1S/C14H21N/c1-3-5-6-7-8-13-11-14(15)10-9-12(13)4-2/h4,9-11H,2-3,5-8,15H2,1H3. The number of anilines is 1. The topological polar surface area (TPSA) is 26.0 Å². The molecule has 0 aliphatic rings. The third-order valence-electron chi connectivity index (χ3n) is 2.69. The largest absolute Gasteiger partial charge is 0.399 e. The molecule has 0 aliphatic carbocycles. The highest BCUT2D eigenvalue weighted by Crippen LogP contribution is 2.17. The van der Waals surface area contributed by atoms with Gasteiger partial charge in [-0.05, 0) is 36.1 Å². The fourth-order valence-electron chi connectivity index (χ4n) is 1.78. The monoisotopic (exact) mass is 203 g/mol. The minimum atomic E-state index is 0.853. The van der Waals surface area contributed by atoms with Crippen LogP contribution in [-0.2, 0) is 6.42 Å². The van der Waals surface area contributed by atoms with Crippen LogP contribution in [0.2, 0.25) is 0 Å². The van der Waals surface area contributed by atoms with Crippen LogP contribution in [0.15, 0.2) is 24.8 Å². The Balaban J connectivity index is 2.58. The Kier molecular flexibility index (Phi) is 4.96. The average Bonchev–Trinajstić information content (AvgIpc) is 2.25. The molecule has 2 N–H and O–H groups in total. The predicted molar refractivity (Wildman–Crippen MR) is 68.8 cm³/mol.